The molecule has 0 bridgehead atoms. The smallest absolute Gasteiger partial charge is 0.252 e. The van der Waals surface area contributed by atoms with Crippen molar-refractivity contribution in [1.82, 2.24) is 4.98 Å². The number of carbonyl (C=O) groups is 1. The van der Waals surface area contributed by atoms with Crippen molar-refractivity contribution in [2.75, 3.05) is 12.4 Å². The van der Waals surface area contributed by atoms with Gasteiger partial charge in [-0.25, -0.2) is 4.98 Å². The molecule has 1 aliphatic rings. The summed E-state index contributed by atoms with van der Waals surface area (Å²) in [7, 11) is 1.50. The molecule has 1 fully saturated rings. The molecule has 1 saturated carbocycles. The average molecular weight is 285 g/mol. The Morgan fingerprint density at radius 3 is 2.58 bits per heavy atom. The van der Waals surface area contributed by atoms with Crippen LogP contribution in [-0.2, 0) is 0 Å². The van der Waals surface area contributed by atoms with Gasteiger partial charge < -0.3 is 16.8 Å². The number of aromatic nitrogens is 1. The van der Waals surface area contributed by atoms with Crippen LogP contribution >= 0.6 is 11.6 Å². The van der Waals surface area contributed by atoms with Crippen LogP contribution in [0.1, 0.15) is 42.5 Å². The van der Waals surface area contributed by atoms with E-state index in [1.807, 2.05) is 0 Å². The monoisotopic (exact) mass is 284 g/mol. The number of pyridine rings is 1. The zero-order valence-electron chi connectivity index (χ0n) is 11.2. The third-order valence-corrected chi connectivity index (χ3v) is 3.31. The zero-order chi connectivity index (χ0) is 14.3. The second-order valence-corrected chi connectivity index (χ2v) is 4.78. The highest BCUT2D eigenvalue weighted by molar-refractivity contribution is 6.29. The second kappa shape index (κ2) is 7.96. The summed E-state index contributed by atoms with van der Waals surface area (Å²) in [6, 6.07) is 2.07. The summed E-state index contributed by atoms with van der Waals surface area (Å²) in [6.07, 6.45) is 7.41. The number of hydrogen-bond donors (Lipinski definition) is 3. The minimum absolute atomic E-state index is 0.369. The van der Waals surface area contributed by atoms with Gasteiger partial charge in [-0.3, -0.25) is 4.79 Å². The van der Waals surface area contributed by atoms with Crippen molar-refractivity contribution >= 4 is 23.2 Å². The van der Waals surface area contributed by atoms with Crippen LogP contribution in [0.25, 0.3) is 0 Å². The van der Waals surface area contributed by atoms with Gasteiger partial charge in [-0.2, -0.15) is 0 Å². The third-order valence-electron chi connectivity index (χ3n) is 3.10. The zero-order valence-corrected chi connectivity index (χ0v) is 11.9. The molecular formula is C13H21ClN4O. The number of nitrogens with zero attached hydrogens (tertiary/aromatic N) is 1. The Labute approximate surface area is 118 Å². The number of nitrogens with one attached hydrogen (secondary N) is 1. The molecule has 1 amide bonds. The highest BCUT2D eigenvalue weighted by atomic mass is 35.5. The van der Waals surface area contributed by atoms with Crippen LogP contribution in [0, 0.1) is 0 Å². The molecule has 106 valence electrons. The molecule has 5 nitrogen and oxygen atoms in total. The van der Waals surface area contributed by atoms with Gasteiger partial charge in [0.15, 0.2) is 0 Å². The van der Waals surface area contributed by atoms with E-state index in [9.17, 15) is 4.79 Å². The van der Waals surface area contributed by atoms with E-state index in [-0.39, 0.29) is 0 Å². The van der Waals surface area contributed by atoms with E-state index in [4.69, 9.17) is 17.3 Å². The first-order chi connectivity index (χ1) is 9.16. The molecule has 5 N–H and O–H groups in total. The molecule has 2 rings (SSSR count). The first kappa shape index (κ1) is 15.7. The molecule has 0 unspecified atom stereocenters. The average Bonchev–Trinajstić information content (AvgIpc) is 2.42. The molecule has 1 aromatic heterocycles. The van der Waals surface area contributed by atoms with Crippen molar-refractivity contribution in [1.29, 1.82) is 0 Å². The van der Waals surface area contributed by atoms with Crippen LogP contribution in [0.2, 0.25) is 5.15 Å². The summed E-state index contributed by atoms with van der Waals surface area (Å²) in [4.78, 5) is 15.2. The molecule has 0 spiro atoms. The number of carbonyl (C=O) groups excluding carboxylic acids is 1. The Morgan fingerprint density at radius 1 is 1.37 bits per heavy atom. The number of rotatable bonds is 3. The van der Waals surface area contributed by atoms with Crippen molar-refractivity contribution in [3.63, 3.8) is 0 Å². The quantitative estimate of drug-likeness (QED) is 0.741. The van der Waals surface area contributed by atoms with E-state index in [1.54, 1.807) is 6.07 Å². The van der Waals surface area contributed by atoms with Gasteiger partial charge in [0.1, 0.15) is 5.15 Å². The first-order valence-corrected chi connectivity index (χ1v) is 6.84. The van der Waals surface area contributed by atoms with Gasteiger partial charge in [-0.05, 0) is 26.0 Å². The number of amides is 1. The summed E-state index contributed by atoms with van der Waals surface area (Å²) in [5.74, 6) is -0.479. The fraction of sp³-hybridized carbons (Fsp3) is 0.538. The molecule has 0 atom stereocenters. The molecule has 0 saturated heterocycles. The van der Waals surface area contributed by atoms with Gasteiger partial charge in [0.25, 0.3) is 5.91 Å². The lowest BCUT2D eigenvalue weighted by molar-refractivity contribution is 0.100. The van der Waals surface area contributed by atoms with Crippen LogP contribution in [0.15, 0.2) is 12.3 Å². The lowest BCUT2D eigenvalue weighted by Gasteiger charge is -2.24. The predicted octanol–water partition coefficient (Wildman–Crippen LogP) is 2.15. The summed E-state index contributed by atoms with van der Waals surface area (Å²) >= 11 is 5.84. The largest absolute Gasteiger partial charge is 0.382 e. The molecule has 6 heteroatoms. The summed E-state index contributed by atoms with van der Waals surface area (Å²) in [5, 5.41) is 3.72. The van der Waals surface area contributed by atoms with E-state index in [1.165, 1.54) is 32.5 Å². The highest BCUT2D eigenvalue weighted by Crippen LogP contribution is 2.24. The number of halogens is 1. The lowest BCUT2D eigenvalue weighted by atomic mass is 9.95. The Bertz CT molecular complexity index is 419. The highest BCUT2D eigenvalue weighted by Gasteiger charge is 2.16. The van der Waals surface area contributed by atoms with Crippen LogP contribution in [0.5, 0.6) is 0 Å². The molecule has 0 aromatic carbocycles. The lowest BCUT2D eigenvalue weighted by Crippen LogP contribution is -2.24. The van der Waals surface area contributed by atoms with Gasteiger partial charge in [0, 0.05) is 12.2 Å². The fourth-order valence-corrected chi connectivity index (χ4v) is 2.37. The van der Waals surface area contributed by atoms with E-state index in [0.717, 1.165) is 12.8 Å². The molecular weight excluding hydrogens is 264 g/mol. The van der Waals surface area contributed by atoms with Crippen LogP contribution in [0.3, 0.4) is 0 Å². The van der Waals surface area contributed by atoms with Gasteiger partial charge >= 0.3 is 0 Å². The van der Waals surface area contributed by atoms with Crippen molar-refractivity contribution < 1.29 is 4.79 Å². The Balaban J connectivity index is 0.000000861. The van der Waals surface area contributed by atoms with Crippen LogP contribution in [-0.4, -0.2) is 24.0 Å². The number of anilines is 1. The number of primary amides is 1. The minimum atomic E-state index is -0.479. The van der Waals surface area contributed by atoms with E-state index in [0.29, 0.717) is 22.4 Å². The van der Waals surface area contributed by atoms with Gasteiger partial charge in [-0.1, -0.05) is 30.9 Å². The normalized spacial score (nSPS) is 15.3. The summed E-state index contributed by atoms with van der Waals surface area (Å²) in [6.45, 7) is 0. The van der Waals surface area contributed by atoms with E-state index < -0.39 is 5.91 Å². The third kappa shape index (κ3) is 4.69. The second-order valence-electron chi connectivity index (χ2n) is 4.40. The first-order valence-electron chi connectivity index (χ1n) is 6.46. The topological polar surface area (TPSA) is 94.0 Å². The van der Waals surface area contributed by atoms with Gasteiger partial charge in [0.2, 0.25) is 0 Å². The van der Waals surface area contributed by atoms with Gasteiger partial charge in [-0.15, -0.1) is 0 Å². The van der Waals surface area contributed by atoms with Crippen LogP contribution in [0.4, 0.5) is 5.69 Å². The van der Waals surface area contributed by atoms with Crippen LogP contribution < -0.4 is 16.8 Å². The Hall–Kier alpha value is -1.33. The maximum Gasteiger partial charge on any atom is 0.252 e. The Kier molecular flexibility index (Phi) is 6.59. The maximum absolute atomic E-state index is 11.3. The fourth-order valence-electron chi connectivity index (χ4n) is 2.21. The van der Waals surface area contributed by atoms with E-state index in [2.05, 4.69) is 16.0 Å². The van der Waals surface area contributed by atoms with Crippen molar-refractivity contribution in [2.45, 2.75) is 38.1 Å². The van der Waals surface area contributed by atoms with Crippen molar-refractivity contribution in [3.05, 3.63) is 23.0 Å². The standard InChI is InChI=1S/C12H16ClN3O.CH5N/c13-11-6-10(9(7-15-11)12(14)17)16-8-4-2-1-3-5-8;1-2/h6-8H,1-5H2,(H2,14,17)(H,15,16);2H2,1H3. The van der Waals surface area contributed by atoms with E-state index >= 15 is 0 Å². The summed E-state index contributed by atoms with van der Waals surface area (Å²) in [5.41, 5.74) is 10.9. The van der Waals surface area contributed by atoms with Crippen molar-refractivity contribution in [2.24, 2.45) is 11.5 Å². The molecule has 1 aromatic rings. The Morgan fingerprint density at radius 2 is 2.00 bits per heavy atom. The SMILES string of the molecule is CN.NC(=O)c1cnc(Cl)cc1NC1CCCCC1. The molecule has 0 aliphatic heterocycles. The molecule has 1 aliphatic carbocycles. The van der Waals surface area contributed by atoms with Gasteiger partial charge in [0.05, 0.1) is 11.3 Å². The predicted molar refractivity (Wildman–Crippen MR) is 78.4 cm³/mol. The molecule has 0 radical (unpaired) electrons. The molecule has 1 heterocycles. The molecule has 19 heavy (non-hydrogen) atoms. The van der Waals surface area contributed by atoms with Crippen molar-refractivity contribution in [3.8, 4) is 0 Å². The number of nitrogens with two attached hydrogens (primary N) is 2. The maximum atomic E-state index is 11.3. The number of hydrogen-bond acceptors (Lipinski definition) is 4. The summed E-state index contributed by atoms with van der Waals surface area (Å²) < 4.78 is 0. The minimum Gasteiger partial charge on any atom is -0.382 e.